The Balaban J connectivity index is 1.96. The van der Waals surface area contributed by atoms with E-state index in [-0.39, 0.29) is 11.5 Å². The van der Waals surface area contributed by atoms with Crippen LogP contribution in [0.25, 0.3) is 0 Å². The van der Waals surface area contributed by atoms with Gasteiger partial charge in [0.25, 0.3) is 0 Å². The molecule has 0 aliphatic heterocycles. The third-order valence-corrected chi connectivity index (χ3v) is 2.94. The second-order valence-corrected chi connectivity index (χ2v) is 4.82. The SMILES string of the molecule is CC(=NOC(=O)Nc1cccc(Cl)c1)C(=O)c1ccccc1. The first-order valence-electron chi connectivity index (χ1n) is 6.44. The Hall–Kier alpha value is -2.66. The lowest BCUT2D eigenvalue weighted by molar-refractivity contribution is 0.105. The maximum absolute atomic E-state index is 12.0. The van der Waals surface area contributed by atoms with E-state index in [1.807, 2.05) is 0 Å². The van der Waals surface area contributed by atoms with Gasteiger partial charge in [-0.3, -0.25) is 14.9 Å². The lowest BCUT2D eigenvalue weighted by atomic mass is 10.1. The van der Waals surface area contributed by atoms with E-state index >= 15 is 0 Å². The fourth-order valence-corrected chi connectivity index (χ4v) is 1.85. The maximum Gasteiger partial charge on any atom is 0.437 e. The van der Waals surface area contributed by atoms with Crippen LogP contribution < -0.4 is 5.32 Å². The van der Waals surface area contributed by atoms with E-state index in [2.05, 4.69) is 15.3 Å². The van der Waals surface area contributed by atoms with Crippen LogP contribution in [0.3, 0.4) is 0 Å². The number of anilines is 1. The molecule has 0 saturated heterocycles. The van der Waals surface area contributed by atoms with E-state index in [0.717, 1.165) is 0 Å². The van der Waals surface area contributed by atoms with Crippen LogP contribution in [0.4, 0.5) is 10.5 Å². The third kappa shape index (κ3) is 4.43. The number of carbonyl (C=O) groups is 2. The molecule has 2 rings (SSSR count). The molecule has 0 aromatic heterocycles. The van der Waals surface area contributed by atoms with Crippen molar-refractivity contribution >= 4 is 34.9 Å². The summed E-state index contributed by atoms with van der Waals surface area (Å²) in [5, 5.41) is 6.48. The van der Waals surface area contributed by atoms with Crippen molar-refractivity contribution in [1.29, 1.82) is 0 Å². The summed E-state index contributed by atoms with van der Waals surface area (Å²) < 4.78 is 0. The molecule has 22 heavy (non-hydrogen) atoms. The summed E-state index contributed by atoms with van der Waals surface area (Å²) >= 11 is 5.80. The van der Waals surface area contributed by atoms with E-state index in [4.69, 9.17) is 11.6 Å². The van der Waals surface area contributed by atoms with Gasteiger partial charge in [-0.2, -0.15) is 0 Å². The highest BCUT2D eigenvalue weighted by Crippen LogP contribution is 2.15. The van der Waals surface area contributed by atoms with Crippen LogP contribution in [0, 0.1) is 0 Å². The molecule has 0 bridgehead atoms. The number of amides is 1. The van der Waals surface area contributed by atoms with E-state index < -0.39 is 6.09 Å². The molecule has 2 aromatic carbocycles. The normalized spacial score (nSPS) is 10.9. The zero-order valence-electron chi connectivity index (χ0n) is 11.7. The van der Waals surface area contributed by atoms with Gasteiger partial charge in [-0.05, 0) is 25.1 Å². The number of nitrogens with one attached hydrogen (secondary N) is 1. The van der Waals surface area contributed by atoms with E-state index in [1.54, 1.807) is 54.6 Å². The van der Waals surface area contributed by atoms with Gasteiger partial charge in [-0.1, -0.05) is 53.2 Å². The summed E-state index contributed by atoms with van der Waals surface area (Å²) in [6.45, 7) is 1.47. The minimum Gasteiger partial charge on any atom is -0.297 e. The van der Waals surface area contributed by atoms with Gasteiger partial charge in [0, 0.05) is 16.3 Å². The summed E-state index contributed by atoms with van der Waals surface area (Å²) in [6.07, 6.45) is -0.803. The molecular formula is C16H13ClN2O3. The van der Waals surface area contributed by atoms with E-state index in [0.29, 0.717) is 16.3 Å². The molecule has 112 valence electrons. The average Bonchev–Trinajstić information content (AvgIpc) is 2.52. The van der Waals surface area contributed by atoms with E-state index in [1.165, 1.54) is 6.92 Å². The predicted octanol–water partition coefficient (Wildman–Crippen LogP) is 4.15. The second kappa shape index (κ2) is 7.38. The third-order valence-electron chi connectivity index (χ3n) is 2.70. The average molecular weight is 317 g/mol. The molecule has 0 aliphatic rings. The van der Waals surface area contributed by atoms with Gasteiger partial charge >= 0.3 is 6.09 Å². The van der Waals surface area contributed by atoms with E-state index in [9.17, 15) is 9.59 Å². The molecule has 1 N–H and O–H groups in total. The van der Waals surface area contributed by atoms with Gasteiger partial charge in [-0.25, -0.2) is 4.79 Å². The van der Waals surface area contributed by atoms with Gasteiger partial charge in [0.2, 0.25) is 5.78 Å². The van der Waals surface area contributed by atoms with Crippen molar-refractivity contribution < 1.29 is 14.4 Å². The molecule has 0 aliphatic carbocycles. The van der Waals surface area contributed by atoms with Gasteiger partial charge in [0.1, 0.15) is 5.71 Å². The topological polar surface area (TPSA) is 67.8 Å². The molecule has 0 fully saturated rings. The Morgan fingerprint density at radius 2 is 1.82 bits per heavy atom. The van der Waals surface area contributed by atoms with Crippen LogP contribution in [0.1, 0.15) is 17.3 Å². The number of hydrogen-bond donors (Lipinski definition) is 1. The van der Waals surface area contributed by atoms with Crippen LogP contribution in [0.15, 0.2) is 59.8 Å². The minimum atomic E-state index is -0.803. The van der Waals surface area contributed by atoms with Crippen LogP contribution in [-0.4, -0.2) is 17.6 Å². The summed E-state index contributed by atoms with van der Waals surface area (Å²) in [4.78, 5) is 28.3. The molecule has 0 heterocycles. The molecule has 0 atom stereocenters. The fraction of sp³-hybridized carbons (Fsp3) is 0.0625. The highest BCUT2D eigenvalue weighted by Gasteiger charge is 2.11. The Morgan fingerprint density at radius 1 is 1.09 bits per heavy atom. The summed E-state index contributed by atoms with van der Waals surface area (Å²) in [6, 6.07) is 15.2. The molecule has 5 nitrogen and oxygen atoms in total. The van der Waals surface area contributed by atoms with Crippen LogP contribution in [-0.2, 0) is 4.84 Å². The molecule has 0 saturated carbocycles. The van der Waals surface area contributed by atoms with Crippen molar-refractivity contribution in [3.05, 3.63) is 65.2 Å². The number of Topliss-reactive ketones (excluding diaryl/α,β-unsaturated/α-hetero) is 1. The molecular weight excluding hydrogens is 304 g/mol. The highest BCUT2D eigenvalue weighted by atomic mass is 35.5. The first-order chi connectivity index (χ1) is 10.6. The molecule has 2 aromatic rings. The van der Waals surface area contributed by atoms with Gasteiger partial charge in [0.15, 0.2) is 0 Å². The number of hydrogen-bond acceptors (Lipinski definition) is 4. The quantitative estimate of drug-likeness (QED) is 0.399. The van der Waals surface area contributed by atoms with Crippen LogP contribution >= 0.6 is 11.6 Å². The largest absolute Gasteiger partial charge is 0.437 e. The highest BCUT2D eigenvalue weighted by molar-refractivity contribution is 6.45. The molecule has 0 unspecified atom stereocenters. The molecule has 0 spiro atoms. The molecule has 1 amide bonds. The summed E-state index contributed by atoms with van der Waals surface area (Å²) in [5.74, 6) is -0.309. The lowest BCUT2D eigenvalue weighted by Gasteiger charge is -2.04. The Labute approximate surface area is 132 Å². The molecule has 0 radical (unpaired) electrons. The smallest absolute Gasteiger partial charge is 0.297 e. The van der Waals surface area contributed by atoms with Crippen LogP contribution in [0.5, 0.6) is 0 Å². The Kier molecular flexibility index (Phi) is 5.27. The monoisotopic (exact) mass is 316 g/mol. The molecule has 6 heteroatoms. The number of halogens is 1. The van der Waals surface area contributed by atoms with Gasteiger partial charge in [0.05, 0.1) is 0 Å². The van der Waals surface area contributed by atoms with Crippen molar-refractivity contribution in [2.75, 3.05) is 5.32 Å². The first kappa shape index (κ1) is 15.7. The van der Waals surface area contributed by atoms with Gasteiger partial charge in [-0.15, -0.1) is 0 Å². The number of ketones is 1. The Morgan fingerprint density at radius 3 is 2.50 bits per heavy atom. The summed E-state index contributed by atoms with van der Waals surface area (Å²) in [7, 11) is 0. The first-order valence-corrected chi connectivity index (χ1v) is 6.82. The lowest BCUT2D eigenvalue weighted by Crippen LogP contribution is -2.15. The zero-order valence-corrected chi connectivity index (χ0v) is 12.5. The standard InChI is InChI=1S/C16H13ClN2O3/c1-11(15(20)12-6-3-2-4-7-12)19-22-16(21)18-14-9-5-8-13(17)10-14/h2-10H,1H3,(H,18,21). The number of carbonyl (C=O) groups excluding carboxylic acids is 2. The number of benzene rings is 2. The summed E-state index contributed by atoms with van der Waals surface area (Å²) in [5.41, 5.74) is 1.02. The fourth-order valence-electron chi connectivity index (χ4n) is 1.66. The number of oxime groups is 1. The maximum atomic E-state index is 12.0. The van der Waals surface area contributed by atoms with Crippen molar-refractivity contribution in [1.82, 2.24) is 0 Å². The predicted molar refractivity (Wildman–Crippen MR) is 85.4 cm³/mol. The van der Waals surface area contributed by atoms with Crippen molar-refractivity contribution in [3.63, 3.8) is 0 Å². The van der Waals surface area contributed by atoms with Crippen molar-refractivity contribution in [2.45, 2.75) is 6.92 Å². The Bertz CT molecular complexity index is 714. The van der Waals surface area contributed by atoms with Crippen molar-refractivity contribution in [2.24, 2.45) is 5.16 Å². The van der Waals surface area contributed by atoms with Crippen molar-refractivity contribution in [3.8, 4) is 0 Å². The van der Waals surface area contributed by atoms with Gasteiger partial charge < -0.3 is 0 Å². The zero-order chi connectivity index (χ0) is 15.9. The number of nitrogens with zero attached hydrogens (tertiary/aromatic N) is 1. The number of rotatable bonds is 4. The van der Waals surface area contributed by atoms with Crippen LogP contribution in [0.2, 0.25) is 5.02 Å². The second-order valence-electron chi connectivity index (χ2n) is 4.39. The minimum absolute atomic E-state index is 0.0763.